The fourth-order valence-corrected chi connectivity index (χ4v) is 4.16. The third-order valence-corrected chi connectivity index (χ3v) is 6.99. The van der Waals surface area contributed by atoms with Crippen molar-refractivity contribution >= 4 is 32.8 Å². The van der Waals surface area contributed by atoms with Crippen molar-refractivity contribution in [3.05, 3.63) is 58.7 Å². The van der Waals surface area contributed by atoms with E-state index >= 15 is 0 Å². The number of nitrogens with one attached hydrogen (secondary N) is 2. The Labute approximate surface area is 185 Å². The summed E-state index contributed by atoms with van der Waals surface area (Å²) in [4.78, 5) is -0.276. The molecule has 0 aliphatic carbocycles. The molecule has 170 valence electrons. The fourth-order valence-electron chi connectivity index (χ4n) is 2.63. The first-order valence-electron chi connectivity index (χ1n) is 9.36. The third-order valence-electron chi connectivity index (χ3n) is 4.38. The smallest absolute Gasteiger partial charge is 0.242 e. The highest BCUT2D eigenvalue weighted by molar-refractivity contribution is 7.92. The molecule has 0 fully saturated rings. The van der Waals surface area contributed by atoms with Crippen LogP contribution in [0.3, 0.4) is 0 Å². The maximum atomic E-state index is 12.4. The minimum Gasteiger partial charge on any atom is -0.546 e. The number of anilines is 2. The molecule has 0 bridgehead atoms. The lowest BCUT2D eigenvalue weighted by Gasteiger charge is -2.16. The van der Waals surface area contributed by atoms with E-state index in [1.165, 1.54) is 33.2 Å². The van der Waals surface area contributed by atoms with Crippen molar-refractivity contribution in [2.45, 2.75) is 33.2 Å². The first-order valence-corrected chi connectivity index (χ1v) is 11.9. The van der Waals surface area contributed by atoms with E-state index in [4.69, 9.17) is 4.42 Å². The summed E-state index contributed by atoms with van der Waals surface area (Å²) in [5, 5.41) is 16.5. The molecule has 12 heteroatoms. The zero-order chi connectivity index (χ0) is 23.3. The Morgan fingerprint density at radius 3 is 2.55 bits per heavy atom. The molecule has 0 radical (unpaired) electrons. The number of nitrogens with zero attached hydrogens (tertiary/aromatic N) is 3. The molecule has 0 saturated carbocycles. The summed E-state index contributed by atoms with van der Waals surface area (Å²) in [6.07, 6.45) is 3.39. The van der Waals surface area contributed by atoms with Crippen LogP contribution in [0, 0.1) is 6.92 Å². The molecule has 2 aromatic heterocycles. The van der Waals surface area contributed by atoms with Crippen molar-refractivity contribution in [3.63, 3.8) is 0 Å². The number of aliphatic hydroxyl groups is 1. The van der Waals surface area contributed by atoms with E-state index in [1.807, 2.05) is 26.0 Å². The van der Waals surface area contributed by atoms with Crippen LogP contribution in [0.25, 0.3) is 0 Å². The summed E-state index contributed by atoms with van der Waals surface area (Å²) in [6.45, 7) is 8.63. The van der Waals surface area contributed by atoms with Crippen molar-refractivity contribution in [1.29, 1.82) is 0 Å². The standard InChI is InChI=1S/C19H27N5O5S2/c1-7-9-15(17(25)13(4)31(27,28)24(5)6)21-19-18(22-30(26)23-19)20-14(8-2)16-11-10-12(3)29-16/h7,9-11,14,25H,1,8H2,2-6H3,(H,20,22)(H,21,23)/b15-9+,17-13-/t14-,30?/m1/s1. The van der Waals surface area contributed by atoms with Crippen LogP contribution in [0.4, 0.5) is 11.6 Å². The summed E-state index contributed by atoms with van der Waals surface area (Å²) in [7, 11) is -1.15. The average molecular weight is 470 g/mol. The lowest BCUT2D eigenvalue weighted by atomic mass is 10.2. The van der Waals surface area contributed by atoms with E-state index in [1.54, 1.807) is 0 Å². The summed E-state index contributed by atoms with van der Waals surface area (Å²) < 4.78 is 51.3. The topological polar surface area (TPSA) is 144 Å². The summed E-state index contributed by atoms with van der Waals surface area (Å²) >= 11 is -1.88. The molecule has 0 aliphatic rings. The molecule has 0 saturated heterocycles. The van der Waals surface area contributed by atoms with Gasteiger partial charge in [0.1, 0.15) is 16.4 Å². The Balaban J connectivity index is 2.40. The molecule has 2 aromatic rings. The van der Waals surface area contributed by atoms with Crippen LogP contribution in [0.15, 0.2) is 51.6 Å². The van der Waals surface area contributed by atoms with Crippen molar-refractivity contribution in [2.75, 3.05) is 24.7 Å². The van der Waals surface area contributed by atoms with Gasteiger partial charge in [0.15, 0.2) is 16.9 Å². The van der Waals surface area contributed by atoms with Crippen molar-refractivity contribution in [1.82, 2.24) is 13.1 Å². The Bertz CT molecular complexity index is 1100. The number of allylic oxidation sites excluding steroid dienone is 3. The van der Waals surface area contributed by atoms with Crippen molar-refractivity contribution < 1.29 is 22.5 Å². The van der Waals surface area contributed by atoms with E-state index in [2.05, 4.69) is 26.0 Å². The molecule has 3 N–H and O–H groups in total. The van der Waals surface area contributed by atoms with Crippen LogP contribution >= 0.6 is 11.1 Å². The molecular weight excluding hydrogens is 442 g/mol. The summed E-state index contributed by atoms with van der Waals surface area (Å²) in [6, 6.07) is 3.41. The molecule has 2 heterocycles. The van der Waals surface area contributed by atoms with Gasteiger partial charge in [-0.05, 0) is 38.5 Å². The molecule has 10 nitrogen and oxygen atoms in total. The van der Waals surface area contributed by atoms with Gasteiger partial charge in [-0.15, -0.1) is 0 Å². The highest BCUT2D eigenvalue weighted by Crippen LogP contribution is 2.31. The number of aromatic nitrogens is 2. The molecule has 31 heavy (non-hydrogen) atoms. The zero-order valence-electron chi connectivity index (χ0n) is 18.0. The summed E-state index contributed by atoms with van der Waals surface area (Å²) in [5.74, 6) is 1.17. The Kier molecular flexibility index (Phi) is 8.01. The maximum absolute atomic E-state index is 12.4. The van der Waals surface area contributed by atoms with Gasteiger partial charge in [0.2, 0.25) is 21.7 Å². The fraction of sp³-hybridized carbons (Fsp3) is 0.368. The van der Waals surface area contributed by atoms with Crippen LogP contribution in [-0.4, -0.2) is 45.2 Å². The van der Waals surface area contributed by atoms with Crippen LogP contribution in [-0.2, 0) is 10.0 Å². The Hall–Kier alpha value is -2.67. The van der Waals surface area contributed by atoms with E-state index in [9.17, 15) is 18.1 Å². The van der Waals surface area contributed by atoms with Gasteiger partial charge in [0.25, 0.3) is 0 Å². The number of hydrogen-bond acceptors (Lipinski definition) is 9. The van der Waals surface area contributed by atoms with E-state index in [-0.39, 0.29) is 28.3 Å². The predicted octanol–water partition coefficient (Wildman–Crippen LogP) is 3.83. The van der Waals surface area contributed by atoms with Crippen molar-refractivity contribution in [3.8, 4) is 0 Å². The Morgan fingerprint density at radius 2 is 2.03 bits per heavy atom. The van der Waals surface area contributed by atoms with Gasteiger partial charge in [-0.3, -0.25) is 0 Å². The van der Waals surface area contributed by atoms with Gasteiger partial charge >= 0.3 is 0 Å². The van der Waals surface area contributed by atoms with Crippen LogP contribution in [0.5, 0.6) is 0 Å². The minimum absolute atomic E-state index is 0.00645. The molecule has 1 unspecified atom stereocenters. The highest BCUT2D eigenvalue weighted by Gasteiger charge is 2.26. The lowest BCUT2D eigenvalue weighted by molar-refractivity contribution is 0.418. The van der Waals surface area contributed by atoms with E-state index in [0.717, 1.165) is 10.1 Å². The predicted molar refractivity (Wildman–Crippen MR) is 121 cm³/mol. The van der Waals surface area contributed by atoms with Crippen LogP contribution in [0.1, 0.15) is 37.8 Å². The van der Waals surface area contributed by atoms with E-state index in [0.29, 0.717) is 12.2 Å². The third kappa shape index (κ3) is 5.73. The summed E-state index contributed by atoms with van der Waals surface area (Å²) in [5.41, 5.74) is 0.00645. The normalized spacial score (nSPS) is 14.9. The molecular formula is C19H27N5O5S2. The lowest BCUT2D eigenvalue weighted by Crippen LogP contribution is -2.24. The monoisotopic (exact) mass is 469 g/mol. The largest absolute Gasteiger partial charge is 0.546 e. The first kappa shape index (κ1) is 24.6. The molecule has 2 atom stereocenters. The van der Waals surface area contributed by atoms with Gasteiger partial charge in [0.05, 0.1) is 11.7 Å². The zero-order valence-corrected chi connectivity index (χ0v) is 19.7. The average Bonchev–Trinajstić information content (AvgIpc) is 3.29. The van der Waals surface area contributed by atoms with Crippen molar-refractivity contribution in [2.24, 2.45) is 0 Å². The number of furan rings is 1. The second kappa shape index (κ2) is 10.1. The molecule has 0 spiro atoms. The SMILES string of the molecule is C=C/C=C(Nc1n[s+]([O-])nc1N[C@H](CC)c1ccc(C)o1)\C(O)=C(/C)S(=O)(=O)N(C)C. The van der Waals surface area contributed by atoms with Gasteiger partial charge in [-0.1, -0.05) is 19.6 Å². The first-order chi connectivity index (χ1) is 14.5. The Morgan fingerprint density at radius 1 is 1.39 bits per heavy atom. The molecule has 0 aliphatic heterocycles. The van der Waals surface area contributed by atoms with Crippen LogP contribution in [0.2, 0.25) is 0 Å². The van der Waals surface area contributed by atoms with E-state index < -0.39 is 26.9 Å². The van der Waals surface area contributed by atoms with Gasteiger partial charge in [-0.25, -0.2) is 12.7 Å². The van der Waals surface area contributed by atoms with Gasteiger partial charge in [0, 0.05) is 22.8 Å². The number of aryl methyl sites for hydroxylation is 1. The number of aliphatic hydroxyl groups excluding tert-OH is 1. The maximum Gasteiger partial charge on any atom is 0.242 e. The second-order valence-electron chi connectivity index (χ2n) is 6.80. The minimum atomic E-state index is -3.86. The quantitative estimate of drug-likeness (QED) is 0.268. The van der Waals surface area contributed by atoms with Crippen LogP contribution < -0.4 is 10.6 Å². The molecule has 0 aromatic carbocycles. The van der Waals surface area contributed by atoms with Gasteiger partial charge < -0.3 is 24.7 Å². The number of hydrogen-bond donors (Lipinski definition) is 3. The second-order valence-corrected chi connectivity index (χ2v) is 9.92. The molecule has 2 rings (SSSR count). The number of sulfonamides is 1. The number of rotatable bonds is 10. The highest BCUT2D eigenvalue weighted by atomic mass is 32.2. The molecule has 0 amide bonds. The van der Waals surface area contributed by atoms with Gasteiger partial charge in [-0.2, -0.15) is 0 Å².